The van der Waals surface area contributed by atoms with Crippen LogP contribution in [0.1, 0.15) is 48.2 Å². The second-order valence-corrected chi connectivity index (χ2v) is 7.86. The van der Waals surface area contributed by atoms with Crippen LogP contribution in [0.3, 0.4) is 0 Å². The average Bonchev–Trinajstić information content (AvgIpc) is 2.75. The maximum absolute atomic E-state index is 14.0. The topological polar surface area (TPSA) is 61.8 Å². The van der Waals surface area contributed by atoms with Crippen molar-refractivity contribution in [3.05, 3.63) is 65.0 Å². The van der Waals surface area contributed by atoms with Crippen LogP contribution in [-0.2, 0) is 0 Å². The second kappa shape index (κ2) is 8.11. The maximum atomic E-state index is 14.0. The third-order valence-corrected chi connectivity index (χ3v) is 5.92. The summed E-state index contributed by atoms with van der Waals surface area (Å²) in [4.78, 5) is 14.4. The molecule has 0 bridgehead atoms. The van der Waals surface area contributed by atoms with Gasteiger partial charge in [0.2, 0.25) is 0 Å². The summed E-state index contributed by atoms with van der Waals surface area (Å²) in [6.07, 6.45) is 3.78. The van der Waals surface area contributed by atoms with Gasteiger partial charge in [0, 0.05) is 36.3 Å². The summed E-state index contributed by atoms with van der Waals surface area (Å²) in [5.41, 5.74) is 1.77. The summed E-state index contributed by atoms with van der Waals surface area (Å²) >= 11 is 0. The average molecular weight is 410 g/mol. The summed E-state index contributed by atoms with van der Waals surface area (Å²) in [5.74, 6) is 0.103. The predicted molar refractivity (Wildman–Crippen MR) is 114 cm³/mol. The van der Waals surface area contributed by atoms with E-state index >= 15 is 0 Å². The summed E-state index contributed by atoms with van der Waals surface area (Å²) in [7, 11) is 0. The third-order valence-electron chi connectivity index (χ3n) is 5.92. The van der Waals surface area contributed by atoms with Crippen molar-refractivity contribution in [2.24, 2.45) is 0 Å². The zero-order chi connectivity index (χ0) is 21.3. The number of ether oxygens (including phenoxy) is 1. The van der Waals surface area contributed by atoms with E-state index in [2.05, 4.69) is 5.32 Å². The Labute approximate surface area is 176 Å². The van der Waals surface area contributed by atoms with Crippen molar-refractivity contribution in [1.29, 1.82) is 0 Å². The SMILES string of the molecule is CCN(CC)C(=O)c1ccc(C2=CC3(CCCNC3)Oc3ccc(F)cc32)c(O)c1. The first-order chi connectivity index (χ1) is 14.5. The number of halogens is 1. The zero-order valence-electron chi connectivity index (χ0n) is 17.4. The number of hydrogen-bond donors (Lipinski definition) is 2. The summed E-state index contributed by atoms with van der Waals surface area (Å²) in [6, 6.07) is 9.41. The number of carbonyl (C=O) groups is 1. The predicted octanol–water partition coefficient (Wildman–Crippen LogP) is 3.96. The van der Waals surface area contributed by atoms with Crippen LogP contribution in [0.4, 0.5) is 4.39 Å². The minimum Gasteiger partial charge on any atom is -0.507 e. The highest BCUT2D eigenvalue weighted by Crippen LogP contribution is 2.44. The van der Waals surface area contributed by atoms with Gasteiger partial charge in [-0.2, -0.15) is 0 Å². The molecule has 2 N–H and O–H groups in total. The number of piperidine rings is 1. The number of carbonyl (C=O) groups excluding carboxylic acids is 1. The van der Waals surface area contributed by atoms with Gasteiger partial charge < -0.3 is 20.1 Å². The number of hydrogen-bond acceptors (Lipinski definition) is 4. The number of benzene rings is 2. The number of aromatic hydroxyl groups is 1. The summed E-state index contributed by atoms with van der Waals surface area (Å²) in [5, 5.41) is 14.2. The van der Waals surface area contributed by atoms with Crippen molar-refractivity contribution >= 4 is 11.5 Å². The molecule has 158 valence electrons. The van der Waals surface area contributed by atoms with Crippen LogP contribution >= 0.6 is 0 Å². The number of rotatable bonds is 4. The van der Waals surface area contributed by atoms with Crippen molar-refractivity contribution in [2.75, 3.05) is 26.2 Å². The number of amides is 1. The number of fused-ring (bicyclic) bond motifs is 1. The van der Waals surface area contributed by atoms with Crippen molar-refractivity contribution in [1.82, 2.24) is 10.2 Å². The molecule has 0 saturated carbocycles. The Morgan fingerprint density at radius 2 is 2.00 bits per heavy atom. The van der Waals surface area contributed by atoms with Crippen LogP contribution in [0.15, 0.2) is 42.5 Å². The number of nitrogens with one attached hydrogen (secondary N) is 1. The van der Waals surface area contributed by atoms with Crippen molar-refractivity contribution < 1.29 is 19.0 Å². The van der Waals surface area contributed by atoms with Crippen molar-refractivity contribution in [3.63, 3.8) is 0 Å². The molecule has 1 spiro atoms. The van der Waals surface area contributed by atoms with E-state index < -0.39 is 5.60 Å². The van der Waals surface area contributed by atoms with E-state index in [0.717, 1.165) is 25.0 Å². The maximum Gasteiger partial charge on any atom is 0.253 e. The van der Waals surface area contributed by atoms with E-state index in [1.807, 2.05) is 19.9 Å². The standard InChI is InChI=1S/C24H27FN2O3/c1-3-27(4-2)23(29)16-6-8-18(21(28)12-16)20-14-24(10-5-11-26-15-24)30-22-9-7-17(25)13-19(20)22/h6-9,12-14,26,28H,3-5,10-11,15H2,1-2H3. The molecule has 0 aliphatic carbocycles. The molecule has 2 aromatic rings. The highest BCUT2D eigenvalue weighted by atomic mass is 19.1. The fourth-order valence-electron chi connectivity index (χ4n) is 4.31. The third kappa shape index (κ3) is 3.67. The van der Waals surface area contributed by atoms with E-state index in [0.29, 0.717) is 42.1 Å². The number of phenols is 1. The van der Waals surface area contributed by atoms with E-state index in [4.69, 9.17) is 4.74 Å². The molecule has 6 heteroatoms. The first-order valence-corrected chi connectivity index (χ1v) is 10.5. The Hall–Kier alpha value is -2.86. The molecule has 2 aliphatic heterocycles. The van der Waals surface area contributed by atoms with Gasteiger partial charge in [-0.3, -0.25) is 4.79 Å². The molecule has 2 aliphatic rings. The van der Waals surface area contributed by atoms with Gasteiger partial charge in [-0.15, -0.1) is 0 Å². The first kappa shape index (κ1) is 20.4. The quantitative estimate of drug-likeness (QED) is 0.801. The van der Waals surface area contributed by atoms with E-state index in [1.165, 1.54) is 18.2 Å². The molecule has 0 radical (unpaired) electrons. The van der Waals surface area contributed by atoms with Crippen LogP contribution < -0.4 is 10.1 Å². The van der Waals surface area contributed by atoms with Crippen LogP contribution in [0.2, 0.25) is 0 Å². The minimum absolute atomic E-state index is 0.00436. The monoisotopic (exact) mass is 410 g/mol. The Balaban J connectivity index is 1.79. The lowest BCUT2D eigenvalue weighted by Crippen LogP contribution is -2.49. The fraction of sp³-hybridized carbons (Fsp3) is 0.375. The lowest BCUT2D eigenvalue weighted by Gasteiger charge is -2.40. The number of phenolic OH excluding ortho intramolecular Hbond substituents is 1. The van der Waals surface area contributed by atoms with Crippen LogP contribution in [0.25, 0.3) is 5.57 Å². The van der Waals surface area contributed by atoms with Gasteiger partial charge in [0.15, 0.2) is 0 Å². The molecular weight excluding hydrogens is 383 g/mol. The Morgan fingerprint density at radius 1 is 1.20 bits per heavy atom. The lowest BCUT2D eigenvalue weighted by atomic mass is 9.84. The van der Waals surface area contributed by atoms with Gasteiger partial charge in [-0.1, -0.05) is 0 Å². The molecule has 2 heterocycles. The normalized spacial score (nSPS) is 20.3. The van der Waals surface area contributed by atoms with E-state index in [9.17, 15) is 14.3 Å². The molecule has 1 amide bonds. The highest BCUT2D eigenvalue weighted by molar-refractivity contribution is 5.96. The Kier molecular flexibility index (Phi) is 5.52. The van der Waals surface area contributed by atoms with Gasteiger partial charge in [0.25, 0.3) is 5.91 Å². The molecule has 1 fully saturated rings. The fourth-order valence-corrected chi connectivity index (χ4v) is 4.31. The Bertz CT molecular complexity index is 992. The molecule has 0 aromatic heterocycles. The highest BCUT2D eigenvalue weighted by Gasteiger charge is 2.37. The zero-order valence-corrected chi connectivity index (χ0v) is 17.4. The molecule has 2 aromatic carbocycles. The molecular formula is C24H27FN2O3. The lowest BCUT2D eigenvalue weighted by molar-refractivity contribution is 0.0772. The molecule has 4 rings (SSSR count). The smallest absolute Gasteiger partial charge is 0.253 e. The largest absolute Gasteiger partial charge is 0.507 e. The van der Waals surface area contributed by atoms with E-state index in [1.54, 1.807) is 23.1 Å². The van der Waals surface area contributed by atoms with Crippen molar-refractivity contribution in [3.8, 4) is 11.5 Å². The summed E-state index contributed by atoms with van der Waals surface area (Å²) < 4.78 is 20.3. The molecule has 30 heavy (non-hydrogen) atoms. The molecule has 1 unspecified atom stereocenters. The second-order valence-electron chi connectivity index (χ2n) is 7.86. The molecule has 1 atom stereocenters. The van der Waals surface area contributed by atoms with Crippen molar-refractivity contribution in [2.45, 2.75) is 32.3 Å². The van der Waals surface area contributed by atoms with Crippen LogP contribution in [0, 0.1) is 5.82 Å². The molecule has 5 nitrogen and oxygen atoms in total. The van der Waals surface area contributed by atoms with Gasteiger partial charge >= 0.3 is 0 Å². The van der Waals surface area contributed by atoms with Crippen LogP contribution in [-0.4, -0.2) is 47.7 Å². The van der Waals surface area contributed by atoms with Gasteiger partial charge in [0.1, 0.15) is 22.9 Å². The molecule has 1 saturated heterocycles. The van der Waals surface area contributed by atoms with Gasteiger partial charge in [-0.05, 0) is 81.3 Å². The summed E-state index contributed by atoms with van der Waals surface area (Å²) in [6.45, 7) is 6.62. The Morgan fingerprint density at radius 3 is 2.67 bits per heavy atom. The van der Waals surface area contributed by atoms with E-state index in [-0.39, 0.29) is 17.5 Å². The van der Waals surface area contributed by atoms with Gasteiger partial charge in [0.05, 0.1) is 0 Å². The number of nitrogens with zero attached hydrogens (tertiary/aromatic N) is 1. The minimum atomic E-state index is -0.541. The van der Waals surface area contributed by atoms with Crippen LogP contribution in [0.5, 0.6) is 11.5 Å². The first-order valence-electron chi connectivity index (χ1n) is 10.5. The van der Waals surface area contributed by atoms with Gasteiger partial charge in [-0.25, -0.2) is 4.39 Å².